The van der Waals surface area contributed by atoms with Crippen LogP contribution in [0.15, 0.2) is 29.2 Å². The lowest BCUT2D eigenvalue weighted by molar-refractivity contribution is 0.320. The average molecular weight is 347 g/mol. The van der Waals surface area contributed by atoms with E-state index in [1.54, 1.807) is 12.1 Å². The molecule has 1 saturated heterocycles. The largest absolute Gasteiger partial charge is 0.316 e. The van der Waals surface area contributed by atoms with Gasteiger partial charge >= 0.3 is 0 Å². The Balaban J connectivity index is 0.00000242. The Hall–Kier alpha value is -0.620. The van der Waals surface area contributed by atoms with Crippen LogP contribution in [0.4, 0.5) is 0 Å². The van der Waals surface area contributed by atoms with E-state index < -0.39 is 10.0 Å². The van der Waals surface area contributed by atoms with Crippen LogP contribution in [0.25, 0.3) is 0 Å². The predicted molar refractivity (Wildman–Crippen MR) is 93.2 cm³/mol. The van der Waals surface area contributed by atoms with E-state index in [2.05, 4.69) is 23.9 Å². The Morgan fingerprint density at radius 3 is 2.32 bits per heavy atom. The van der Waals surface area contributed by atoms with Crippen LogP contribution < -0.4 is 10.0 Å². The third kappa shape index (κ3) is 4.95. The van der Waals surface area contributed by atoms with E-state index in [0.29, 0.717) is 16.7 Å². The SMILES string of the molecule is CC(C)c1ccc(S(=O)(=O)NC(C)C2CCCNC2)cc1.Cl. The third-order valence-corrected chi connectivity index (χ3v) is 5.82. The quantitative estimate of drug-likeness (QED) is 0.861. The molecule has 0 amide bonds. The molecular formula is C16H27ClN2O2S. The first-order valence-corrected chi connectivity index (χ1v) is 9.21. The topological polar surface area (TPSA) is 58.2 Å². The minimum absolute atomic E-state index is 0. The van der Waals surface area contributed by atoms with Crippen LogP contribution in [0.5, 0.6) is 0 Å². The zero-order valence-electron chi connectivity index (χ0n) is 13.5. The summed E-state index contributed by atoms with van der Waals surface area (Å²) in [7, 11) is -3.43. The van der Waals surface area contributed by atoms with Gasteiger partial charge in [0, 0.05) is 6.04 Å². The summed E-state index contributed by atoms with van der Waals surface area (Å²) in [5.41, 5.74) is 1.15. The first-order valence-electron chi connectivity index (χ1n) is 7.73. The van der Waals surface area contributed by atoms with Crippen molar-refractivity contribution in [2.75, 3.05) is 13.1 Å². The molecule has 0 saturated carbocycles. The molecule has 0 aromatic heterocycles. The second-order valence-electron chi connectivity index (χ2n) is 6.24. The van der Waals surface area contributed by atoms with Crippen LogP contribution in [-0.2, 0) is 10.0 Å². The summed E-state index contributed by atoms with van der Waals surface area (Å²) in [6, 6.07) is 7.14. The van der Waals surface area contributed by atoms with E-state index in [9.17, 15) is 8.42 Å². The van der Waals surface area contributed by atoms with Gasteiger partial charge in [-0.25, -0.2) is 13.1 Å². The first kappa shape index (κ1) is 19.4. The summed E-state index contributed by atoms with van der Waals surface area (Å²) in [6.45, 7) is 8.07. The molecule has 1 heterocycles. The van der Waals surface area contributed by atoms with E-state index in [-0.39, 0.29) is 18.4 Å². The predicted octanol–water partition coefficient (Wildman–Crippen LogP) is 2.90. The van der Waals surface area contributed by atoms with Gasteiger partial charge in [0.1, 0.15) is 0 Å². The van der Waals surface area contributed by atoms with Crippen molar-refractivity contribution in [3.05, 3.63) is 29.8 Å². The lowest BCUT2D eigenvalue weighted by atomic mass is 9.94. The summed E-state index contributed by atoms with van der Waals surface area (Å²) in [5.74, 6) is 0.769. The van der Waals surface area contributed by atoms with E-state index in [0.717, 1.165) is 31.5 Å². The molecule has 2 unspecified atom stereocenters. The molecule has 6 heteroatoms. The summed E-state index contributed by atoms with van der Waals surface area (Å²) >= 11 is 0. The Morgan fingerprint density at radius 1 is 1.18 bits per heavy atom. The summed E-state index contributed by atoms with van der Waals surface area (Å²) in [6.07, 6.45) is 2.18. The maximum Gasteiger partial charge on any atom is 0.240 e. The van der Waals surface area contributed by atoms with Crippen LogP contribution in [0.2, 0.25) is 0 Å². The number of sulfonamides is 1. The number of nitrogens with one attached hydrogen (secondary N) is 2. The average Bonchev–Trinajstić information content (AvgIpc) is 2.48. The van der Waals surface area contributed by atoms with Crippen molar-refractivity contribution in [2.45, 2.75) is 50.5 Å². The highest BCUT2D eigenvalue weighted by atomic mass is 35.5. The zero-order valence-corrected chi connectivity index (χ0v) is 15.1. The van der Waals surface area contributed by atoms with Gasteiger partial charge in [-0.05, 0) is 62.4 Å². The standard InChI is InChI=1S/C16H26N2O2S.ClH/c1-12(2)14-6-8-16(9-7-14)21(19,20)18-13(3)15-5-4-10-17-11-15;/h6-9,12-13,15,17-18H,4-5,10-11H2,1-3H3;1H. The van der Waals surface area contributed by atoms with E-state index in [1.807, 2.05) is 19.1 Å². The smallest absolute Gasteiger partial charge is 0.240 e. The minimum atomic E-state index is -3.43. The molecule has 0 spiro atoms. The van der Waals surface area contributed by atoms with Gasteiger partial charge in [-0.2, -0.15) is 0 Å². The summed E-state index contributed by atoms with van der Waals surface area (Å²) < 4.78 is 27.7. The van der Waals surface area contributed by atoms with Crippen molar-refractivity contribution < 1.29 is 8.42 Å². The molecule has 2 N–H and O–H groups in total. The van der Waals surface area contributed by atoms with Gasteiger partial charge in [-0.15, -0.1) is 12.4 Å². The first-order chi connectivity index (χ1) is 9.90. The van der Waals surface area contributed by atoms with Gasteiger partial charge < -0.3 is 5.32 Å². The van der Waals surface area contributed by atoms with Crippen molar-refractivity contribution >= 4 is 22.4 Å². The Kier molecular flexibility index (Phi) is 7.32. The van der Waals surface area contributed by atoms with Crippen molar-refractivity contribution in [2.24, 2.45) is 5.92 Å². The highest BCUT2D eigenvalue weighted by Gasteiger charge is 2.25. The summed E-state index contributed by atoms with van der Waals surface area (Å²) in [5, 5.41) is 3.33. The van der Waals surface area contributed by atoms with Crippen molar-refractivity contribution in [1.29, 1.82) is 0 Å². The van der Waals surface area contributed by atoms with E-state index >= 15 is 0 Å². The van der Waals surface area contributed by atoms with E-state index in [4.69, 9.17) is 0 Å². The highest BCUT2D eigenvalue weighted by molar-refractivity contribution is 7.89. The van der Waals surface area contributed by atoms with Gasteiger partial charge in [0.25, 0.3) is 0 Å². The molecule has 1 aromatic rings. The minimum Gasteiger partial charge on any atom is -0.316 e. The fraction of sp³-hybridized carbons (Fsp3) is 0.625. The van der Waals surface area contributed by atoms with Gasteiger partial charge in [-0.3, -0.25) is 0 Å². The third-order valence-electron chi connectivity index (χ3n) is 4.24. The maximum absolute atomic E-state index is 12.4. The molecule has 0 aliphatic carbocycles. The number of rotatable bonds is 5. The molecule has 1 aliphatic rings. The van der Waals surface area contributed by atoms with Gasteiger partial charge in [0.05, 0.1) is 4.90 Å². The van der Waals surface area contributed by atoms with Crippen molar-refractivity contribution in [1.82, 2.24) is 10.0 Å². The van der Waals surface area contributed by atoms with Gasteiger partial charge in [0.15, 0.2) is 0 Å². The van der Waals surface area contributed by atoms with Gasteiger partial charge in [-0.1, -0.05) is 26.0 Å². The second-order valence-corrected chi connectivity index (χ2v) is 7.95. The van der Waals surface area contributed by atoms with Crippen LogP contribution in [-0.4, -0.2) is 27.5 Å². The molecule has 22 heavy (non-hydrogen) atoms. The second kappa shape index (κ2) is 8.29. The molecule has 1 aliphatic heterocycles. The fourth-order valence-electron chi connectivity index (χ4n) is 2.75. The Bertz CT molecular complexity index is 552. The van der Waals surface area contributed by atoms with Crippen LogP contribution in [0, 0.1) is 5.92 Å². The lowest BCUT2D eigenvalue weighted by Crippen LogP contribution is -2.44. The number of piperidine rings is 1. The fourth-order valence-corrected chi connectivity index (χ4v) is 4.06. The van der Waals surface area contributed by atoms with Crippen molar-refractivity contribution in [3.63, 3.8) is 0 Å². The number of hydrogen-bond acceptors (Lipinski definition) is 3. The number of benzene rings is 1. The maximum atomic E-state index is 12.4. The van der Waals surface area contributed by atoms with Gasteiger partial charge in [0.2, 0.25) is 10.0 Å². The molecule has 1 aromatic carbocycles. The van der Waals surface area contributed by atoms with Crippen LogP contribution in [0.3, 0.4) is 0 Å². The molecule has 2 atom stereocenters. The number of hydrogen-bond donors (Lipinski definition) is 2. The highest BCUT2D eigenvalue weighted by Crippen LogP contribution is 2.19. The molecule has 2 rings (SSSR count). The molecule has 0 bridgehead atoms. The summed E-state index contributed by atoms with van der Waals surface area (Å²) in [4.78, 5) is 0.350. The normalized spacial score (nSPS) is 20.5. The molecule has 126 valence electrons. The molecule has 0 radical (unpaired) electrons. The Labute approximate surface area is 140 Å². The van der Waals surface area contributed by atoms with Crippen LogP contribution in [0.1, 0.15) is 45.1 Å². The molecular weight excluding hydrogens is 320 g/mol. The van der Waals surface area contributed by atoms with Crippen molar-refractivity contribution in [3.8, 4) is 0 Å². The molecule has 4 nitrogen and oxygen atoms in total. The zero-order chi connectivity index (χ0) is 15.5. The lowest BCUT2D eigenvalue weighted by Gasteiger charge is -2.28. The van der Waals surface area contributed by atoms with E-state index in [1.165, 1.54) is 0 Å². The van der Waals surface area contributed by atoms with Crippen LogP contribution >= 0.6 is 12.4 Å². The molecule has 1 fully saturated rings. The number of halogens is 1. The Morgan fingerprint density at radius 2 is 1.82 bits per heavy atom. The monoisotopic (exact) mass is 346 g/mol.